The quantitative estimate of drug-likeness (QED) is 0.647. The molecule has 1 aliphatic heterocycles. The van der Waals surface area contributed by atoms with Gasteiger partial charge in [0.25, 0.3) is 0 Å². The molecule has 128 valence electrons. The number of hydrogen-bond acceptors (Lipinski definition) is 3. The van der Waals surface area contributed by atoms with Crippen LogP contribution in [0.4, 0.5) is 0 Å². The Morgan fingerprint density at radius 3 is 2.64 bits per heavy atom. The molecule has 0 bridgehead atoms. The van der Waals surface area contributed by atoms with Crippen molar-refractivity contribution in [2.24, 2.45) is 10.8 Å². The van der Waals surface area contributed by atoms with E-state index in [1.165, 1.54) is 0 Å². The molecule has 2 aliphatic rings. The standard InChI is InChI=1S/C21H22N2OS/c1-4-10-21(13-22)18(14-8-6-5-7-9-14)17-15(23-19(21)25)11-20(2,3)12-16(17)24/h4-9,18H,1,10-12H2,2-3H3,(H,23,25)/t18-,21-/m0/s1. The zero-order chi connectivity index (χ0) is 18.2. The number of hydrogen-bond donors (Lipinski definition) is 1. The number of nitrogens with one attached hydrogen (secondary N) is 1. The van der Waals surface area contributed by atoms with E-state index in [-0.39, 0.29) is 17.1 Å². The van der Waals surface area contributed by atoms with Gasteiger partial charge in [0, 0.05) is 23.6 Å². The average molecular weight is 350 g/mol. The lowest BCUT2D eigenvalue weighted by molar-refractivity contribution is -0.118. The van der Waals surface area contributed by atoms with Gasteiger partial charge in [-0.1, -0.05) is 62.5 Å². The second kappa shape index (κ2) is 6.24. The largest absolute Gasteiger partial charge is 0.352 e. The monoisotopic (exact) mass is 350 g/mol. The number of ketones is 1. The Morgan fingerprint density at radius 2 is 2.04 bits per heavy atom. The summed E-state index contributed by atoms with van der Waals surface area (Å²) in [5.41, 5.74) is 1.48. The summed E-state index contributed by atoms with van der Waals surface area (Å²) in [5, 5.41) is 13.3. The van der Waals surface area contributed by atoms with Gasteiger partial charge in [-0.25, -0.2) is 0 Å². The molecule has 0 saturated carbocycles. The van der Waals surface area contributed by atoms with Crippen LogP contribution in [0.1, 0.15) is 44.6 Å². The van der Waals surface area contributed by atoms with Crippen LogP contribution in [0.5, 0.6) is 0 Å². The molecule has 4 heteroatoms. The van der Waals surface area contributed by atoms with Crippen molar-refractivity contribution in [3.63, 3.8) is 0 Å². The summed E-state index contributed by atoms with van der Waals surface area (Å²) in [6, 6.07) is 12.2. The van der Waals surface area contributed by atoms with E-state index in [1.807, 2.05) is 30.3 Å². The molecule has 0 saturated heterocycles. The Morgan fingerprint density at radius 1 is 1.36 bits per heavy atom. The summed E-state index contributed by atoms with van der Waals surface area (Å²) in [6.07, 6.45) is 3.37. The number of Topliss-reactive ketones (excluding diaryl/α,β-unsaturated/α-hetero) is 1. The van der Waals surface area contributed by atoms with E-state index in [9.17, 15) is 10.1 Å². The van der Waals surface area contributed by atoms with Gasteiger partial charge in [0.15, 0.2) is 5.78 Å². The highest BCUT2D eigenvalue weighted by Crippen LogP contribution is 2.52. The third-order valence-corrected chi connectivity index (χ3v) is 5.64. The van der Waals surface area contributed by atoms with Crippen molar-refractivity contribution in [1.82, 2.24) is 5.32 Å². The van der Waals surface area contributed by atoms with E-state index in [2.05, 4.69) is 31.8 Å². The molecular formula is C21H22N2OS. The number of nitriles is 1. The van der Waals surface area contributed by atoms with E-state index >= 15 is 0 Å². The Hall–Kier alpha value is -2.25. The van der Waals surface area contributed by atoms with E-state index in [4.69, 9.17) is 12.2 Å². The Kier molecular flexibility index (Phi) is 4.38. The molecule has 25 heavy (non-hydrogen) atoms. The van der Waals surface area contributed by atoms with Crippen LogP contribution in [0.25, 0.3) is 0 Å². The van der Waals surface area contributed by atoms with Crippen LogP contribution in [0.2, 0.25) is 0 Å². The van der Waals surface area contributed by atoms with Crippen molar-refractivity contribution >= 4 is 23.0 Å². The van der Waals surface area contributed by atoms with Gasteiger partial charge in [0.1, 0.15) is 10.4 Å². The zero-order valence-electron chi connectivity index (χ0n) is 14.6. The van der Waals surface area contributed by atoms with E-state index < -0.39 is 5.41 Å². The first-order valence-corrected chi connectivity index (χ1v) is 8.90. The number of carbonyl (C=O) groups excluding carboxylic acids is 1. The predicted octanol–water partition coefficient (Wildman–Crippen LogP) is 4.43. The summed E-state index contributed by atoms with van der Waals surface area (Å²) in [5.74, 6) is -0.247. The first-order chi connectivity index (χ1) is 11.8. The molecule has 0 radical (unpaired) electrons. The van der Waals surface area contributed by atoms with Crippen LogP contribution in [0, 0.1) is 22.2 Å². The summed E-state index contributed by atoms with van der Waals surface area (Å²) in [7, 11) is 0. The van der Waals surface area contributed by atoms with Crippen LogP contribution in [0.15, 0.2) is 54.3 Å². The molecule has 0 aromatic heterocycles. The molecule has 1 aromatic carbocycles. The van der Waals surface area contributed by atoms with Gasteiger partial charge >= 0.3 is 0 Å². The molecule has 1 aromatic rings. The molecule has 0 unspecified atom stereocenters. The summed E-state index contributed by atoms with van der Waals surface area (Å²) in [4.78, 5) is 13.6. The summed E-state index contributed by atoms with van der Waals surface area (Å²) >= 11 is 5.64. The minimum Gasteiger partial charge on any atom is -0.352 e. The third-order valence-electron chi connectivity index (χ3n) is 5.17. The van der Waals surface area contributed by atoms with Crippen molar-refractivity contribution in [2.45, 2.75) is 39.0 Å². The lowest BCUT2D eigenvalue weighted by Gasteiger charge is -2.46. The first-order valence-electron chi connectivity index (χ1n) is 8.49. The fourth-order valence-electron chi connectivity index (χ4n) is 4.10. The van der Waals surface area contributed by atoms with Crippen molar-refractivity contribution in [2.75, 3.05) is 0 Å². The minimum atomic E-state index is -0.978. The van der Waals surface area contributed by atoms with E-state index in [0.717, 1.165) is 23.3 Å². The predicted molar refractivity (Wildman–Crippen MR) is 103 cm³/mol. The van der Waals surface area contributed by atoms with Gasteiger partial charge < -0.3 is 5.32 Å². The van der Waals surface area contributed by atoms with Crippen molar-refractivity contribution < 1.29 is 4.79 Å². The topological polar surface area (TPSA) is 52.9 Å². The van der Waals surface area contributed by atoms with Gasteiger partial charge in [-0.05, 0) is 23.8 Å². The molecule has 3 rings (SSSR count). The lowest BCUT2D eigenvalue weighted by atomic mass is 9.60. The number of nitrogens with zero attached hydrogens (tertiary/aromatic N) is 1. The van der Waals surface area contributed by atoms with E-state index in [0.29, 0.717) is 17.8 Å². The minimum absolute atomic E-state index is 0.106. The fourth-order valence-corrected chi connectivity index (χ4v) is 4.47. The van der Waals surface area contributed by atoms with Gasteiger partial charge in [0.05, 0.1) is 6.07 Å². The van der Waals surface area contributed by atoms with Gasteiger partial charge in [-0.2, -0.15) is 5.26 Å². The highest BCUT2D eigenvalue weighted by molar-refractivity contribution is 7.80. The molecular weight excluding hydrogens is 328 g/mol. The maximum atomic E-state index is 13.1. The van der Waals surface area contributed by atoms with Gasteiger partial charge in [-0.3, -0.25) is 4.79 Å². The number of carbonyl (C=O) groups is 1. The maximum Gasteiger partial charge on any atom is 0.161 e. The first kappa shape index (κ1) is 17.6. The molecule has 1 N–H and O–H groups in total. The summed E-state index contributed by atoms with van der Waals surface area (Å²) in [6.45, 7) is 8.00. The Balaban J connectivity index is 2.27. The van der Waals surface area contributed by atoms with Crippen LogP contribution in [-0.4, -0.2) is 10.8 Å². The normalized spacial score (nSPS) is 28.0. The van der Waals surface area contributed by atoms with Crippen molar-refractivity contribution in [3.05, 3.63) is 59.8 Å². The molecule has 2 atom stereocenters. The molecule has 1 heterocycles. The van der Waals surface area contributed by atoms with Crippen molar-refractivity contribution in [1.29, 1.82) is 5.26 Å². The highest BCUT2D eigenvalue weighted by atomic mass is 32.1. The third kappa shape index (κ3) is 2.83. The Labute approximate surface area is 154 Å². The van der Waals surface area contributed by atoms with Crippen LogP contribution < -0.4 is 5.32 Å². The molecule has 0 amide bonds. The lowest BCUT2D eigenvalue weighted by Crippen LogP contribution is -2.51. The van der Waals surface area contributed by atoms with Crippen molar-refractivity contribution in [3.8, 4) is 6.07 Å². The number of benzene rings is 1. The smallest absolute Gasteiger partial charge is 0.161 e. The second-order valence-electron chi connectivity index (χ2n) is 7.71. The molecule has 3 nitrogen and oxygen atoms in total. The second-order valence-corrected chi connectivity index (χ2v) is 8.12. The zero-order valence-corrected chi connectivity index (χ0v) is 15.5. The summed E-state index contributed by atoms with van der Waals surface area (Å²) < 4.78 is 0. The number of thiocarbonyl (C=S) groups is 1. The maximum absolute atomic E-state index is 13.1. The number of allylic oxidation sites excluding steroid dienone is 3. The molecule has 0 spiro atoms. The highest BCUT2D eigenvalue weighted by Gasteiger charge is 2.52. The molecule has 1 aliphatic carbocycles. The average Bonchev–Trinajstić information content (AvgIpc) is 2.55. The van der Waals surface area contributed by atoms with Gasteiger partial charge in [0.2, 0.25) is 0 Å². The van der Waals surface area contributed by atoms with Crippen LogP contribution in [0.3, 0.4) is 0 Å². The molecule has 0 fully saturated rings. The van der Waals surface area contributed by atoms with Crippen LogP contribution >= 0.6 is 12.2 Å². The Bertz CT molecular complexity index is 816. The van der Waals surface area contributed by atoms with Gasteiger partial charge in [-0.15, -0.1) is 6.58 Å². The fraction of sp³-hybridized carbons (Fsp3) is 0.381. The van der Waals surface area contributed by atoms with E-state index in [1.54, 1.807) is 6.08 Å². The van der Waals surface area contributed by atoms with Crippen LogP contribution in [-0.2, 0) is 4.79 Å². The number of rotatable bonds is 3. The SMILES string of the molecule is C=CC[C@@]1(C#N)C(=S)NC2=C(C(=O)CC(C)(C)C2)[C@@H]1c1ccccc1.